The molecule has 0 aromatic heterocycles. The van der Waals surface area contributed by atoms with E-state index in [0.29, 0.717) is 6.54 Å². The number of benzene rings is 1. The SMILES string of the molecule is CCN1C(=O)COc2cccc(N3CCNCC3)c21. The van der Waals surface area contributed by atoms with Crippen molar-refractivity contribution in [1.82, 2.24) is 5.32 Å². The summed E-state index contributed by atoms with van der Waals surface area (Å²) in [5.74, 6) is 0.857. The molecule has 0 bridgehead atoms. The highest BCUT2D eigenvalue weighted by Crippen LogP contribution is 2.40. The molecule has 0 saturated carbocycles. The molecule has 5 nitrogen and oxygen atoms in total. The third-order valence-corrected chi connectivity index (χ3v) is 3.67. The van der Waals surface area contributed by atoms with Crippen LogP contribution in [0.4, 0.5) is 11.4 Å². The van der Waals surface area contributed by atoms with Crippen molar-refractivity contribution in [2.45, 2.75) is 6.92 Å². The third-order valence-electron chi connectivity index (χ3n) is 3.67. The molecule has 0 atom stereocenters. The number of hydrogen-bond acceptors (Lipinski definition) is 4. The summed E-state index contributed by atoms with van der Waals surface area (Å²) in [5.41, 5.74) is 2.04. The van der Waals surface area contributed by atoms with E-state index in [4.69, 9.17) is 4.74 Å². The van der Waals surface area contributed by atoms with Crippen LogP contribution >= 0.6 is 0 Å². The van der Waals surface area contributed by atoms with Gasteiger partial charge in [0.15, 0.2) is 6.61 Å². The lowest BCUT2D eigenvalue weighted by Crippen LogP contribution is -2.45. The normalized spacial score (nSPS) is 19.1. The van der Waals surface area contributed by atoms with E-state index < -0.39 is 0 Å². The molecule has 102 valence electrons. The van der Waals surface area contributed by atoms with Gasteiger partial charge in [0.2, 0.25) is 0 Å². The number of carbonyl (C=O) groups is 1. The molecule has 0 unspecified atom stereocenters. The number of fused-ring (bicyclic) bond motifs is 1. The first-order chi connectivity index (χ1) is 9.31. The summed E-state index contributed by atoms with van der Waals surface area (Å²) in [7, 11) is 0. The molecular formula is C14H19N3O2. The van der Waals surface area contributed by atoms with Crippen LogP contribution in [0.2, 0.25) is 0 Å². The van der Waals surface area contributed by atoms with Gasteiger partial charge >= 0.3 is 0 Å². The van der Waals surface area contributed by atoms with Crippen molar-refractivity contribution >= 4 is 17.3 Å². The minimum Gasteiger partial charge on any atom is -0.481 e. The average molecular weight is 261 g/mol. The van der Waals surface area contributed by atoms with Gasteiger partial charge in [-0.3, -0.25) is 4.79 Å². The van der Waals surface area contributed by atoms with Gasteiger partial charge < -0.3 is 19.9 Å². The topological polar surface area (TPSA) is 44.8 Å². The molecule has 5 heteroatoms. The van der Waals surface area contributed by atoms with Gasteiger partial charge in [-0.05, 0) is 19.1 Å². The summed E-state index contributed by atoms with van der Waals surface area (Å²) in [4.78, 5) is 16.1. The molecule has 0 spiro atoms. The van der Waals surface area contributed by atoms with Crippen molar-refractivity contribution in [3.63, 3.8) is 0 Å². The number of piperazine rings is 1. The zero-order chi connectivity index (χ0) is 13.2. The van der Waals surface area contributed by atoms with Crippen LogP contribution in [0.5, 0.6) is 5.75 Å². The first-order valence-electron chi connectivity index (χ1n) is 6.83. The number of hydrogen-bond donors (Lipinski definition) is 1. The minimum absolute atomic E-state index is 0.0394. The molecule has 0 radical (unpaired) electrons. The van der Waals surface area contributed by atoms with Crippen LogP contribution in [0.1, 0.15) is 6.92 Å². The maximum absolute atomic E-state index is 12.0. The number of anilines is 2. The highest BCUT2D eigenvalue weighted by atomic mass is 16.5. The zero-order valence-electron chi connectivity index (χ0n) is 11.2. The van der Waals surface area contributed by atoms with E-state index in [9.17, 15) is 4.79 Å². The number of para-hydroxylation sites is 1. The van der Waals surface area contributed by atoms with E-state index in [0.717, 1.165) is 43.3 Å². The van der Waals surface area contributed by atoms with Crippen LogP contribution in [-0.2, 0) is 4.79 Å². The van der Waals surface area contributed by atoms with E-state index >= 15 is 0 Å². The Kier molecular flexibility index (Phi) is 3.29. The van der Waals surface area contributed by atoms with E-state index in [1.165, 1.54) is 0 Å². The second-order valence-electron chi connectivity index (χ2n) is 4.79. The summed E-state index contributed by atoms with van der Waals surface area (Å²) in [6.45, 7) is 6.70. The van der Waals surface area contributed by atoms with E-state index in [-0.39, 0.29) is 12.5 Å². The van der Waals surface area contributed by atoms with Gasteiger partial charge in [-0.15, -0.1) is 0 Å². The smallest absolute Gasteiger partial charge is 0.265 e. The summed E-state index contributed by atoms with van der Waals surface area (Å²) < 4.78 is 5.57. The molecule has 1 N–H and O–H groups in total. The lowest BCUT2D eigenvalue weighted by Gasteiger charge is -2.36. The Bertz CT molecular complexity index is 484. The molecule has 19 heavy (non-hydrogen) atoms. The predicted molar refractivity (Wildman–Crippen MR) is 75.0 cm³/mol. The van der Waals surface area contributed by atoms with Gasteiger partial charge in [0.1, 0.15) is 11.4 Å². The number of ether oxygens (including phenoxy) is 1. The zero-order valence-corrected chi connectivity index (χ0v) is 11.2. The molecule has 2 aliphatic heterocycles. The molecular weight excluding hydrogens is 242 g/mol. The van der Waals surface area contributed by atoms with Crippen LogP contribution < -0.4 is 19.9 Å². The van der Waals surface area contributed by atoms with Crippen LogP contribution in [0.3, 0.4) is 0 Å². The molecule has 2 aliphatic rings. The Labute approximate surface area is 113 Å². The van der Waals surface area contributed by atoms with E-state index in [1.807, 2.05) is 24.0 Å². The number of nitrogens with one attached hydrogen (secondary N) is 1. The van der Waals surface area contributed by atoms with Crippen molar-refractivity contribution in [1.29, 1.82) is 0 Å². The maximum Gasteiger partial charge on any atom is 0.265 e. The number of nitrogens with zero attached hydrogens (tertiary/aromatic N) is 2. The third kappa shape index (κ3) is 2.14. The lowest BCUT2D eigenvalue weighted by atomic mass is 10.1. The standard InChI is InChI=1S/C14H19N3O2/c1-2-17-13(18)10-19-12-5-3-4-11(14(12)17)16-8-6-15-7-9-16/h3-5,15H,2,6-10H2,1H3. The fraction of sp³-hybridized carbons (Fsp3) is 0.500. The largest absolute Gasteiger partial charge is 0.481 e. The number of amides is 1. The first kappa shape index (κ1) is 12.3. The Balaban J connectivity index is 2.03. The highest BCUT2D eigenvalue weighted by molar-refractivity contribution is 6.01. The van der Waals surface area contributed by atoms with Crippen molar-refractivity contribution in [2.24, 2.45) is 0 Å². The van der Waals surface area contributed by atoms with Crippen LogP contribution in [0.25, 0.3) is 0 Å². The number of carbonyl (C=O) groups excluding carboxylic acids is 1. The van der Waals surface area contributed by atoms with Crippen LogP contribution in [0.15, 0.2) is 18.2 Å². The minimum atomic E-state index is 0.0394. The number of likely N-dealkylation sites (N-methyl/N-ethyl adjacent to an activating group) is 1. The van der Waals surface area contributed by atoms with Gasteiger partial charge in [0.25, 0.3) is 5.91 Å². The van der Waals surface area contributed by atoms with Crippen molar-refractivity contribution in [3.05, 3.63) is 18.2 Å². The highest BCUT2D eigenvalue weighted by Gasteiger charge is 2.28. The molecule has 1 aromatic carbocycles. The quantitative estimate of drug-likeness (QED) is 0.857. The van der Waals surface area contributed by atoms with Gasteiger partial charge in [-0.1, -0.05) is 6.07 Å². The maximum atomic E-state index is 12.0. The second-order valence-corrected chi connectivity index (χ2v) is 4.79. The molecule has 1 fully saturated rings. The summed E-state index contributed by atoms with van der Waals surface area (Å²) in [6, 6.07) is 6.02. The van der Waals surface area contributed by atoms with Gasteiger partial charge in [-0.2, -0.15) is 0 Å². The second kappa shape index (κ2) is 5.09. The van der Waals surface area contributed by atoms with Gasteiger partial charge in [0, 0.05) is 32.7 Å². The van der Waals surface area contributed by atoms with Gasteiger partial charge in [-0.25, -0.2) is 0 Å². The first-order valence-corrected chi connectivity index (χ1v) is 6.83. The molecule has 0 aliphatic carbocycles. The van der Waals surface area contributed by atoms with Gasteiger partial charge in [0.05, 0.1) is 5.69 Å². The van der Waals surface area contributed by atoms with Crippen molar-refractivity contribution < 1.29 is 9.53 Å². The molecule has 2 heterocycles. The van der Waals surface area contributed by atoms with Crippen molar-refractivity contribution in [3.8, 4) is 5.75 Å². The van der Waals surface area contributed by atoms with E-state index in [1.54, 1.807) is 0 Å². The van der Waals surface area contributed by atoms with E-state index in [2.05, 4.69) is 16.3 Å². The fourth-order valence-corrected chi connectivity index (χ4v) is 2.74. The van der Waals surface area contributed by atoms with Crippen LogP contribution in [-0.4, -0.2) is 45.2 Å². The average Bonchev–Trinajstić information content (AvgIpc) is 2.47. The molecule has 1 aromatic rings. The Morgan fingerprint density at radius 1 is 1.32 bits per heavy atom. The Morgan fingerprint density at radius 2 is 2.11 bits per heavy atom. The summed E-state index contributed by atoms with van der Waals surface area (Å²) in [6.07, 6.45) is 0. The molecule has 1 amide bonds. The molecule has 1 saturated heterocycles. The van der Waals surface area contributed by atoms with Crippen molar-refractivity contribution in [2.75, 3.05) is 49.1 Å². The summed E-state index contributed by atoms with van der Waals surface area (Å²) >= 11 is 0. The fourth-order valence-electron chi connectivity index (χ4n) is 2.74. The predicted octanol–water partition coefficient (Wildman–Crippen LogP) is 0.841. The Morgan fingerprint density at radius 3 is 2.84 bits per heavy atom. The van der Waals surface area contributed by atoms with Crippen LogP contribution in [0, 0.1) is 0 Å². The lowest BCUT2D eigenvalue weighted by molar-refractivity contribution is -0.121. The molecule has 3 rings (SSSR count). The Hall–Kier alpha value is -1.75. The monoisotopic (exact) mass is 261 g/mol. The number of rotatable bonds is 2. The summed E-state index contributed by atoms with van der Waals surface area (Å²) in [5, 5.41) is 3.35.